The molecule has 2 nitrogen and oxygen atoms in total. The second kappa shape index (κ2) is 3.19. The minimum Gasteiger partial charge on any atom is -0.263 e. The highest BCUT2D eigenvalue weighted by atomic mass is 14.7. The van der Waals surface area contributed by atoms with E-state index in [1.54, 1.807) is 0 Å². The summed E-state index contributed by atoms with van der Waals surface area (Å²) in [6, 6.07) is 5.99. The Kier molecular flexibility index (Phi) is 2.25. The van der Waals surface area contributed by atoms with Gasteiger partial charge in [-0.2, -0.15) is 5.26 Å². The van der Waals surface area contributed by atoms with Crippen molar-refractivity contribution in [1.29, 1.82) is 5.26 Å². The molecule has 0 saturated carbocycles. The zero-order valence-electron chi connectivity index (χ0n) is 7.26. The predicted molar refractivity (Wildman–Crippen MR) is 49.8 cm³/mol. The van der Waals surface area contributed by atoms with Crippen LogP contribution in [0.2, 0.25) is 0 Å². The quantitative estimate of drug-likeness (QED) is 0.578. The Bertz CT molecular complexity index is 359. The molecule has 0 aliphatic heterocycles. The highest BCUT2D eigenvalue weighted by Crippen LogP contribution is 2.25. The standard InChI is InChI=1S/C10H10N2/c1-7-4-5-8(2)10(12-3)9(7)6-11/h4-5H,3H2,1-2H3. The molecule has 1 aromatic carbocycles. The van der Waals surface area contributed by atoms with E-state index in [0.717, 1.165) is 11.1 Å². The molecule has 1 aromatic rings. The lowest BCUT2D eigenvalue weighted by Crippen LogP contribution is -1.85. The SMILES string of the molecule is C=Nc1c(C)ccc(C)c1C#N. The molecule has 0 radical (unpaired) electrons. The molecule has 0 N–H and O–H groups in total. The minimum absolute atomic E-state index is 0.630. The number of rotatable bonds is 1. The van der Waals surface area contributed by atoms with Gasteiger partial charge in [0.1, 0.15) is 6.07 Å². The predicted octanol–water partition coefficient (Wildman–Crippen LogP) is 2.51. The van der Waals surface area contributed by atoms with Gasteiger partial charge >= 0.3 is 0 Å². The van der Waals surface area contributed by atoms with Crippen LogP contribution in [-0.4, -0.2) is 6.72 Å². The van der Waals surface area contributed by atoms with Crippen molar-refractivity contribution in [3.05, 3.63) is 28.8 Å². The number of hydrogen-bond acceptors (Lipinski definition) is 2. The molecule has 12 heavy (non-hydrogen) atoms. The summed E-state index contributed by atoms with van der Waals surface area (Å²) in [7, 11) is 0. The van der Waals surface area contributed by atoms with Crippen LogP contribution in [0.3, 0.4) is 0 Å². The number of nitrogens with zero attached hydrogens (tertiary/aromatic N) is 2. The fourth-order valence-electron chi connectivity index (χ4n) is 1.14. The molecule has 0 fully saturated rings. The summed E-state index contributed by atoms with van der Waals surface area (Å²) in [6.45, 7) is 7.26. The third-order valence-corrected chi connectivity index (χ3v) is 1.86. The highest BCUT2D eigenvalue weighted by molar-refractivity contribution is 5.64. The van der Waals surface area contributed by atoms with E-state index in [1.807, 2.05) is 26.0 Å². The van der Waals surface area contributed by atoms with Crippen molar-refractivity contribution in [2.45, 2.75) is 13.8 Å². The number of nitriles is 1. The van der Waals surface area contributed by atoms with Crippen LogP contribution in [0.15, 0.2) is 17.1 Å². The van der Waals surface area contributed by atoms with Gasteiger partial charge in [0.15, 0.2) is 0 Å². The average molecular weight is 158 g/mol. The van der Waals surface area contributed by atoms with Crippen LogP contribution >= 0.6 is 0 Å². The van der Waals surface area contributed by atoms with Crippen LogP contribution in [0.4, 0.5) is 5.69 Å². The van der Waals surface area contributed by atoms with Gasteiger partial charge in [0.2, 0.25) is 0 Å². The second-order valence-corrected chi connectivity index (χ2v) is 2.69. The normalized spacial score (nSPS) is 9.08. The van der Waals surface area contributed by atoms with Gasteiger partial charge in [-0.1, -0.05) is 12.1 Å². The van der Waals surface area contributed by atoms with E-state index in [9.17, 15) is 0 Å². The highest BCUT2D eigenvalue weighted by Gasteiger charge is 2.05. The van der Waals surface area contributed by atoms with Crippen LogP contribution in [0.5, 0.6) is 0 Å². The van der Waals surface area contributed by atoms with Gasteiger partial charge in [0, 0.05) is 0 Å². The lowest BCUT2D eigenvalue weighted by Gasteiger charge is -2.03. The van der Waals surface area contributed by atoms with Crippen LogP contribution in [0.1, 0.15) is 16.7 Å². The molecular weight excluding hydrogens is 148 g/mol. The van der Waals surface area contributed by atoms with E-state index in [2.05, 4.69) is 17.8 Å². The van der Waals surface area contributed by atoms with Gasteiger partial charge in [0.05, 0.1) is 11.3 Å². The molecule has 0 heterocycles. The summed E-state index contributed by atoms with van der Waals surface area (Å²) < 4.78 is 0. The smallest absolute Gasteiger partial charge is 0.102 e. The first kappa shape index (κ1) is 8.48. The molecule has 0 aliphatic carbocycles. The lowest BCUT2D eigenvalue weighted by molar-refractivity contribution is 1.32. The number of aryl methyl sites for hydroxylation is 2. The fourth-order valence-corrected chi connectivity index (χ4v) is 1.14. The van der Waals surface area contributed by atoms with Gasteiger partial charge < -0.3 is 0 Å². The molecule has 2 heteroatoms. The Morgan fingerprint density at radius 3 is 2.33 bits per heavy atom. The largest absolute Gasteiger partial charge is 0.263 e. The van der Waals surface area contributed by atoms with Crippen LogP contribution < -0.4 is 0 Å². The summed E-state index contributed by atoms with van der Waals surface area (Å²) >= 11 is 0. The van der Waals surface area contributed by atoms with Gasteiger partial charge in [-0.05, 0) is 31.7 Å². The minimum atomic E-state index is 0.630. The Hall–Kier alpha value is -1.62. The molecule has 60 valence electrons. The molecular formula is C10H10N2. The van der Waals surface area contributed by atoms with Crippen molar-refractivity contribution in [3.63, 3.8) is 0 Å². The van der Waals surface area contributed by atoms with E-state index in [0.29, 0.717) is 11.3 Å². The van der Waals surface area contributed by atoms with E-state index >= 15 is 0 Å². The Morgan fingerprint density at radius 2 is 1.92 bits per heavy atom. The summed E-state index contributed by atoms with van der Waals surface area (Å²) in [5, 5.41) is 8.82. The van der Waals surface area contributed by atoms with E-state index in [4.69, 9.17) is 5.26 Å². The van der Waals surface area contributed by atoms with Crippen LogP contribution in [0.25, 0.3) is 0 Å². The summed E-state index contributed by atoms with van der Waals surface area (Å²) in [4.78, 5) is 3.83. The van der Waals surface area contributed by atoms with Crippen molar-refractivity contribution in [1.82, 2.24) is 0 Å². The molecule has 0 aromatic heterocycles. The number of aliphatic imine (C=N–C) groups is 1. The molecule has 0 bridgehead atoms. The van der Waals surface area contributed by atoms with Crippen LogP contribution in [0, 0.1) is 25.2 Å². The van der Waals surface area contributed by atoms with Gasteiger partial charge in [0.25, 0.3) is 0 Å². The lowest BCUT2D eigenvalue weighted by atomic mass is 10.0. The third-order valence-electron chi connectivity index (χ3n) is 1.86. The molecule has 0 saturated heterocycles. The fraction of sp³-hybridized carbons (Fsp3) is 0.200. The summed E-state index contributed by atoms with van der Waals surface area (Å²) in [5.74, 6) is 0. The maximum atomic E-state index is 8.82. The zero-order chi connectivity index (χ0) is 9.14. The van der Waals surface area contributed by atoms with Gasteiger partial charge in [-0.3, -0.25) is 4.99 Å². The Morgan fingerprint density at radius 1 is 1.33 bits per heavy atom. The number of benzene rings is 1. The maximum absolute atomic E-state index is 8.82. The van der Waals surface area contributed by atoms with Crippen molar-refractivity contribution in [3.8, 4) is 6.07 Å². The summed E-state index contributed by atoms with van der Waals surface area (Å²) in [5.41, 5.74) is 3.28. The molecule has 0 aliphatic rings. The van der Waals surface area contributed by atoms with Crippen molar-refractivity contribution < 1.29 is 0 Å². The summed E-state index contributed by atoms with van der Waals surface area (Å²) in [6.07, 6.45) is 0. The van der Waals surface area contributed by atoms with Gasteiger partial charge in [-0.25, -0.2) is 0 Å². The molecule has 1 rings (SSSR count). The molecule has 0 atom stereocenters. The van der Waals surface area contributed by atoms with Gasteiger partial charge in [-0.15, -0.1) is 0 Å². The monoisotopic (exact) mass is 158 g/mol. The number of hydrogen-bond donors (Lipinski definition) is 0. The third kappa shape index (κ3) is 1.22. The maximum Gasteiger partial charge on any atom is 0.102 e. The van der Waals surface area contributed by atoms with Crippen molar-refractivity contribution >= 4 is 12.4 Å². The first-order valence-corrected chi connectivity index (χ1v) is 3.67. The zero-order valence-corrected chi connectivity index (χ0v) is 7.26. The van der Waals surface area contributed by atoms with E-state index < -0.39 is 0 Å². The molecule has 0 amide bonds. The molecule has 0 spiro atoms. The van der Waals surface area contributed by atoms with E-state index in [-0.39, 0.29) is 0 Å². The first-order chi connectivity index (χ1) is 5.70. The average Bonchev–Trinajstić information content (AvgIpc) is 2.08. The Labute approximate surface area is 72.2 Å². The molecule has 0 unspecified atom stereocenters. The Balaban J connectivity index is 3.52. The van der Waals surface area contributed by atoms with Crippen molar-refractivity contribution in [2.24, 2.45) is 4.99 Å². The van der Waals surface area contributed by atoms with E-state index in [1.165, 1.54) is 0 Å². The second-order valence-electron chi connectivity index (χ2n) is 2.69. The van der Waals surface area contributed by atoms with Crippen LogP contribution in [-0.2, 0) is 0 Å². The topological polar surface area (TPSA) is 36.1 Å². The van der Waals surface area contributed by atoms with Crippen molar-refractivity contribution in [2.75, 3.05) is 0 Å². The first-order valence-electron chi connectivity index (χ1n) is 3.67.